The van der Waals surface area contributed by atoms with E-state index in [9.17, 15) is 4.79 Å². The topological polar surface area (TPSA) is 82.0 Å². The molecule has 26 heavy (non-hydrogen) atoms. The van der Waals surface area contributed by atoms with Crippen LogP contribution in [0.4, 0.5) is 0 Å². The minimum absolute atomic E-state index is 0.312. The highest BCUT2D eigenvalue weighted by molar-refractivity contribution is 6.33. The Morgan fingerprint density at radius 1 is 1.27 bits per heavy atom. The smallest absolute Gasteiger partial charge is 0.332 e. The van der Waals surface area contributed by atoms with Crippen LogP contribution >= 0.6 is 11.6 Å². The van der Waals surface area contributed by atoms with E-state index in [1.54, 1.807) is 25.4 Å². The number of methoxy groups -OCH3 is 1. The molecule has 1 N–H and O–H groups in total. The monoisotopic (exact) mass is 370 g/mol. The number of rotatable bonds is 4. The Balaban J connectivity index is 2.04. The molecule has 0 saturated heterocycles. The van der Waals surface area contributed by atoms with Gasteiger partial charge in [-0.15, -0.1) is 0 Å². The van der Waals surface area contributed by atoms with Crippen molar-refractivity contribution in [2.75, 3.05) is 13.7 Å². The highest BCUT2D eigenvalue weighted by atomic mass is 35.5. The normalized spacial score (nSPS) is 11.2. The second-order valence-electron chi connectivity index (χ2n) is 5.55. The number of hydrogen-bond acceptors (Lipinski definition) is 5. The minimum atomic E-state index is -0.312. The highest BCUT2D eigenvalue weighted by Gasteiger charge is 2.16. The predicted molar refractivity (Wildman–Crippen MR) is 99.7 cm³/mol. The van der Waals surface area contributed by atoms with Gasteiger partial charge in [-0.25, -0.2) is 9.78 Å². The SMILES string of the molecule is CCOc1ccnc2[nH]c(=O)n(-c3ccc4ncc(Cl)c(OC)c4c3)c12. The number of nitrogens with one attached hydrogen (secondary N) is 1. The number of H-pyrrole nitrogens is 1. The molecule has 0 amide bonds. The van der Waals surface area contributed by atoms with Gasteiger partial charge in [-0.05, 0) is 25.1 Å². The Hall–Kier alpha value is -3.06. The number of pyridine rings is 2. The van der Waals surface area contributed by atoms with Crippen molar-refractivity contribution >= 4 is 33.7 Å². The quantitative estimate of drug-likeness (QED) is 0.596. The molecule has 0 spiro atoms. The van der Waals surface area contributed by atoms with Crippen molar-refractivity contribution < 1.29 is 9.47 Å². The Morgan fingerprint density at radius 2 is 2.12 bits per heavy atom. The first-order valence-corrected chi connectivity index (χ1v) is 8.37. The molecular formula is C18H15ClN4O3. The molecule has 8 heteroatoms. The van der Waals surface area contributed by atoms with Gasteiger partial charge >= 0.3 is 5.69 Å². The first-order chi connectivity index (χ1) is 12.6. The molecule has 0 unspecified atom stereocenters. The Morgan fingerprint density at radius 3 is 2.88 bits per heavy atom. The number of aromatic nitrogens is 4. The van der Waals surface area contributed by atoms with E-state index in [1.807, 2.05) is 19.1 Å². The van der Waals surface area contributed by atoms with Crippen LogP contribution in [-0.2, 0) is 0 Å². The van der Waals surface area contributed by atoms with E-state index in [1.165, 1.54) is 10.8 Å². The van der Waals surface area contributed by atoms with Gasteiger partial charge in [-0.1, -0.05) is 11.6 Å². The Kier molecular flexibility index (Phi) is 4.00. The molecule has 0 saturated carbocycles. The zero-order chi connectivity index (χ0) is 18.3. The van der Waals surface area contributed by atoms with Gasteiger partial charge in [0.15, 0.2) is 5.65 Å². The first kappa shape index (κ1) is 16.4. The van der Waals surface area contributed by atoms with E-state index in [0.717, 1.165) is 0 Å². The molecule has 0 bridgehead atoms. The maximum Gasteiger partial charge on any atom is 0.332 e. The molecule has 3 heterocycles. The number of imidazole rings is 1. The summed E-state index contributed by atoms with van der Waals surface area (Å²) in [5, 5.41) is 1.11. The van der Waals surface area contributed by atoms with Crippen LogP contribution in [0.1, 0.15) is 6.92 Å². The van der Waals surface area contributed by atoms with Crippen molar-refractivity contribution in [2.24, 2.45) is 0 Å². The Labute approximate surface area is 153 Å². The van der Waals surface area contributed by atoms with E-state index in [-0.39, 0.29) is 5.69 Å². The van der Waals surface area contributed by atoms with Crippen LogP contribution in [0, 0.1) is 0 Å². The van der Waals surface area contributed by atoms with Gasteiger partial charge in [0.25, 0.3) is 0 Å². The molecule has 0 fully saturated rings. The largest absolute Gasteiger partial charge is 0.494 e. The van der Waals surface area contributed by atoms with Gasteiger partial charge in [0.05, 0.1) is 24.9 Å². The second-order valence-corrected chi connectivity index (χ2v) is 5.95. The predicted octanol–water partition coefficient (Wildman–Crippen LogP) is 3.32. The molecule has 4 rings (SSSR count). The average molecular weight is 371 g/mol. The number of benzene rings is 1. The van der Waals surface area contributed by atoms with Crippen LogP contribution in [0.15, 0.2) is 41.5 Å². The summed E-state index contributed by atoms with van der Waals surface area (Å²) in [5.74, 6) is 1.08. The van der Waals surface area contributed by atoms with E-state index in [0.29, 0.717) is 50.9 Å². The molecular weight excluding hydrogens is 356 g/mol. The van der Waals surface area contributed by atoms with Crippen LogP contribution in [0.25, 0.3) is 27.8 Å². The third-order valence-corrected chi connectivity index (χ3v) is 4.33. The third-order valence-electron chi connectivity index (χ3n) is 4.06. The third kappa shape index (κ3) is 2.48. The maximum atomic E-state index is 12.6. The maximum absolute atomic E-state index is 12.6. The molecule has 7 nitrogen and oxygen atoms in total. The van der Waals surface area contributed by atoms with Gasteiger partial charge < -0.3 is 9.47 Å². The lowest BCUT2D eigenvalue weighted by Crippen LogP contribution is -2.15. The summed E-state index contributed by atoms with van der Waals surface area (Å²) >= 11 is 6.18. The standard InChI is InChI=1S/C18H15ClN4O3/c1-3-26-14-6-7-20-17-15(14)23(18(24)22-17)10-4-5-13-11(8-10)16(25-2)12(19)9-21-13/h4-9H,3H2,1-2H3,(H,20,22,24). The van der Waals surface area contributed by atoms with Crippen molar-refractivity contribution in [1.82, 2.24) is 19.5 Å². The average Bonchev–Trinajstić information content (AvgIpc) is 2.98. The Bertz CT molecular complexity index is 1180. The fourth-order valence-corrected chi connectivity index (χ4v) is 3.23. The van der Waals surface area contributed by atoms with Crippen LogP contribution in [0.3, 0.4) is 0 Å². The lowest BCUT2D eigenvalue weighted by molar-refractivity contribution is 0.343. The number of halogens is 1. The number of fused-ring (bicyclic) bond motifs is 2. The molecule has 132 valence electrons. The number of ether oxygens (including phenoxy) is 2. The van der Waals surface area contributed by atoms with Crippen molar-refractivity contribution in [3.63, 3.8) is 0 Å². The number of nitrogens with zero attached hydrogens (tertiary/aromatic N) is 3. The van der Waals surface area contributed by atoms with E-state index < -0.39 is 0 Å². The molecule has 0 aliphatic rings. The lowest BCUT2D eigenvalue weighted by atomic mass is 10.1. The van der Waals surface area contributed by atoms with Gasteiger partial charge in [0.1, 0.15) is 22.0 Å². The zero-order valence-electron chi connectivity index (χ0n) is 14.1. The van der Waals surface area contributed by atoms with Crippen molar-refractivity contribution in [1.29, 1.82) is 0 Å². The highest BCUT2D eigenvalue weighted by Crippen LogP contribution is 2.33. The molecule has 1 aromatic carbocycles. The van der Waals surface area contributed by atoms with Crippen LogP contribution in [0.5, 0.6) is 11.5 Å². The molecule has 0 aliphatic carbocycles. The number of hydrogen-bond donors (Lipinski definition) is 1. The molecule has 0 aliphatic heterocycles. The summed E-state index contributed by atoms with van der Waals surface area (Å²) in [7, 11) is 1.54. The fraction of sp³-hybridized carbons (Fsp3) is 0.167. The van der Waals surface area contributed by atoms with Gasteiger partial charge in [-0.2, -0.15) is 0 Å². The van der Waals surface area contributed by atoms with Crippen molar-refractivity contribution in [3.05, 3.63) is 52.2 Å². The minimum Gasteiger partial charge on any atom is -0.494 e. The van der Waals surface area contributed by atoms with Gasteiger partial charge in [-0.3, -0.25) is 14.5 Å². The summed E-state index contributed by atoms with van der Waals surface area (Å²) in [6.07, 6.45) is 3.14. The van der Waals surface area contributed by atoms with E-state index >= 15 is 0 Å². The molecule has 0 atom stereocenters. The molecule has 0 radical (unpaired) electrons. The van der Waals surface area contributed by atoms with Crippen LogP contribution in [0.2, 0.25) is 5.02 Å². The number of aromatic amines is 1. The van der Waals surface area contributed by atoms with Crippen molar-refractivity contribution in [2.45, 2.75) is 6.92 Å². The summed E-state index contributed by atoms with van der Waals surface area (Å²) in [5.41, 5.74) is 2.06. The zero-order valence-corrected chi connectivity index (χ0v) is 14.9. The molecule has 4 aromatic rings. The van der Waals surface area contributed by atoms with Crippen LogP contribution < -0.4 is 15.2 Å². The first-order valence-electron chi connectivity index (χ1n) is 7.99. The van der Waals surface area contributed by atoms with E-state index in [4.69, 9.17) is 21.1 Å². The van der Waals surface area contributed by atoms with Crippen LogP contribution in [-0.4, -0.2) is 33.2 Å². The molecule has 3 aromatic heterocycles. The second kappa shape index (κ2) is 6.34. The summed E-state index contributed by atoms with van der Waals surface area (Å²) in [6, 6.07) is 7.16. The van der Waals surface area contributed by atoms with Gasteiger partial charge in [0.2, 0.25) is 0 Å². The fourth-order valence-electron chi connectivity index (χ4n) is 3.00. The van der Waals surface area contributed by atoms with Crippen molar-refractivity contribution in [3.8, 4) is 17.2 Å². The van der Waals surface area contributed by atoms with E-state index in [2.05, 4.69) is 15.0 Å². The summed E-state index contributed by atoms with van der Waals surface area (Å²) in [4.78, 5) is 23.9. The summed E-state index contributed by atoms with van der Waals surface area (Å²) < 4.78 is 12.6. The van der Waals surface area contributed by atoms with Gasteiger partial charge in [0, 0.05) is 23.8 Å². The summed E-state index contributed by atoms with van der Waals surface area (Å²) in [6.45, 7) is 2.36. The lowest BCUT2D eigenvalue weighted by Gasteiger charge is -2.11.